The van der Waals surface area contributed by atoms with Crippen LogP contribution in [0.25, 0.3) is 17.0 Å². The van der Waals surface area contributed by atoms with Crippen LogP contribution in [0.5, 0.6) is 0 Å². The maximum absolute atomic E-state index is 12.4. The third-order valence-corrected chi connectivity index (χ3v) is 5.16. The fourth-order valence-electron chi connectivity index (χ4n) is 2.98. The van der Waals surface area contributed by atoms with Gasteiger partial charge < -0.3 is 5.32 Å². The van der Waals surface area contributed by atoms with Gasteiger partial charge in [-0.2, -0.15) is 0 Å². The Hall–Kier alpha value is -2.95. The quantitative estimate of drug-likeness (QED) is 0.249. The summed E-state index contributed by atoms with van der Waals surface area (Å²) in [4.78, 5) is 16.8. The molecule has 0 aliphatic carbocycles. The van der Waals surface area contributed by atoms with Crippen LogP contribution in [-0.4, -0.2) is 10.8 Å². The van der Waals surface area contributed by atoms with Gasteiger partial charge in [-0.1, -0.05) is 45.7 Å². The number of allylic oxidation sites excluding steroid dienone is 1. The Bertz CT molecular complexity index is 1220. The van der Waals surface area contributed by atoms with E-state index in [0.29, 0.717) is 10.6 Å². The minimum atomic E-state index is -0.0412. The molecule has 3 nitrogen and oxygen atoms in total. The molecule has 0 saturated carbocycles. The molecular weight excluding hydrogens is 448 g/mol. The Kier molecular flexibility index (Phi) is 5.74. The number of carbonyl (C=O) groups excluding carboxylic acids is 1. The third kappa shape index (κ3) is 4.73. The summed E-state index contributed by atoms with van der Waals surface area (Å²) in [7, 11) is 0. The van der Waals surface area contributed by atoms with Crippen LogP contribution in [0.2, 0.25) is 5.02 Å². The summed E-state index contributed by atoms with van der Waals surface area (Å²) >= 11 is 9.48. The molecule has 0 aliphatic heterocycles. The Morgan fingerprint density at radius 1 is 1.00 bits per heavy atom. The zero-order chi connectivity index (χ0) is 20.2. The minimum absolute atomic E-state index is 0.0412. The van der Waals surface area contributed by atoms with Crippen LogP contribution in [-0.2, 0) is 0 Å². The van der Waals surface area contributed by atoms with E-state index in [-0.39, 0.29) is 5.78 Å². The van der Waals surface area contributed by atoms with Gasteiger partial charge in [-0.05, 0) is 72.3 Å². The van der Waals surface area contributed by atoms with Crippen molar-refractivity contribution in [2.45, 2.75) is 0 Å². The number of fused-ring (bicyclic) bond motifs is 1. The third-order valence-electron chi connectivity index (χ3n) is 4.43. The van der Waals surface area contributed by atoms with E-state index >= 15 is 0 Å². The highest BCUT2D eigenvalue weighted by molar-refractivity contribution is 9.10. The molecule has 0 fully saturated rings. The van der Waals surface area contributed by atoms with Crippen LogP contribution in [0.15, 0.2) is 89.5 Å². The first-order valence-corrected chi connectivity index (χ1v) is 10.1. The smallest absolute Gasteiger partial charge is 0.185 e. The highest BCUT2D eigenvalue weighted by Crippen LogP contribution is 2.27. The monoisotopic (exact) mass is 462 g/mol. The summed E-state index contributed by atoms with van der Waals surface area (Å²) < 4.78 is 0.980. The lowest BCUT2D eigenvalue weighted by atomic mass is 10.1. The molecule has 29 heavy (non-hydrogen) atoms. The van der Waals surface area contributed by atoms with E-state index in [9.17, 15) is 4.79 Å². The number of carbonyl (C=O) groups is 1. The molecule has 1 aromatic heterocycles. The van der Waals surface area contributed by atoms with Gasteiger partial charge in [-0.3, -0.25) is 9.78 Å². The van der Waals surface area contributed by atoms with Gasteiger partial charge in [0.1, 0.15) is 0 Å². The number of ketones is 1. The van der Waals surface area contributed by atoms with Gasteiger partial charge in [-0.15, -0.1) is 0 Å². The van der Waals surface area contributed by atoms with Gasteiger partial charge in [0.25, 0.3) is 0 Å². The molecule has 0 amide bonds. The molecule has 0 aliphatic rings. The Balaban J connectivity index is 1.50. The van der Waals surface area contributed by atoms with Crippen molar-refractivity contribution in [3.63, 3.8) is 0 Å². The van der Waals surface area contributed by atoms with Crippen LogP contribution in [0, 0.1) is 0 Å². The van der Waals surface area contributed by atoms with Crippen molar-refractivity contribution in [2.24, 2.45) is 0 Å². The van der Waals surface area contributed by atoms with E-state index < -0.39 is 0 Å². The second kappa shape index (κ2) is 8.60. The van der Waals surface area contributed by atoms with E-state index in [1.54, 1.807) is 12.3 Å². The number of anilines is 2. The Morgan fingerprint density at radius 2 is 1.83 bits per heavy atom. The molecule has 4 aromatic rings. The molecule has 0 bridgehead atoms. The summed E-state index contributed by atoms with van der Waals surface area (Å²) in [6.07, 6.45) is 5.14. The summed E-state index contributed by atoms with van der Waals surface area (Å²) in [6.45, 7) is 0. The number of aromatic nitrogens is 1. The van der Waals surface area contributed by atoms with Gasteiger partial charge in [-0.25, -0.2) is 0 Å². The number of hydrogen-bond acceptors (Lipinski definition) is 3. The van der Waals surface area contributed by atoms with Gasteiger partial charge in [0.05, 0.1) is 5.52 Å². The lowest BCUT2D eigenvalue weighted by Crippen LogP contribution is -1.96. The predicted octanol–water partition coefficient (Wildman–Crippen LogP) is 7.29. The van der Waals surface area contributed by atoms with Crippen LogP contribution < -0.4 is 5.32 Å². The molecule has 0 atom stereocenters. The van der Waals surface area contributed by atoms with Crippen LogP contribution in [0.1, 0.15) is 15.9 Å². The Morgan fingerprint density at radius 3 is 2.62 bits per heavy atom. The van der Waals surface area contributed by atoms with Crippen LogP contribution in [0.3, 0.4) is 0 Å². The molecule has 5 heteroatoms. The lowest BCUT2D eigenvalue weighted by Gasteiger charge is -2.10. The highest BCUT2D eigenvalue weighted by atomic mass is 79.9. The summed E-state index contributed by atoms with van der Waals surface area (Å²) in [5.41, 5.74) is 4.25. The SMILES string of the molecule is O=C(/C=C/c1cccc(Br)c1)c1ccc(Nc2ccnc3cc(Cl)ccc23)cc1. The average molecular weight is 464 g/mol. The number of halogens is 2. The number of hydrogen-bond donors (Lipinski definition) is 1. The van der Waals surface area contributed by atoms with E-state index in [1.165, 1.54) is 0 Å². The molecular formula is C24H16BrClN2O. The Labute approximate surface area is 182 Å². The maximum atomic E-state index is 12.4. The largest absolute Gasteiger partial charge is 0.355 e. The molecule has 0 spiro atoms. The minimum Gasteiger partial charge on any atom is -0.355 e. The van der Waals surface area contributed by atoms with Gasteiger partial charge >= 0.3 is 0 Å². The number of pyridine rings is 1. The second-order valence-corrected chi connectivity index (χ2v) is 7.83. The van der Waals surface area contributed by atoms with Crippen LogP contribution >= 0.6 is 27.5 Å². The van der Waals surface area contributed by atoms with Gasteiger partial charge in [0.2, 0.25) is 0 Å². The maximum Gasteiger partial charge on any atom is 0.185 e. The second-order valence-electron chi connectivity index (χ2n) is 6.47. The summed E-state index contributed by atoms with van der Waals surface area (Å²) in [5.74, 6) is -0.0412. The number of benzene rings is 3. The normalized spacial score (nSPS) is 11.1. The molecule has 4 rings (SSSR count). The van der Waals surface area contributed by atoms with Gasteiger partial charge in [0, 0.05) is 38.0 Å². The number of rotatable bonds is 5. The average Bonchev–Trinajstić information content (AvgIpc) is 2.72. The van der Waals surface area contributed by atoms with E-state index in [0.717, 1.165) is 32.3 Å². The molecule has 0 unspecified atom stereocenters. The zero-order valence-electron chi connectivity index (χ0n) is 15.3. The molecule has 0 radical (unpaired) electrons. The lowest BCUT2D eigenvalue weighted by molar-refractivity contribution is 0.104. The number of nitrogens with one attached hydrogen (secondary N) is 1. The van der Waals surface area contributed by atoms with E-state index in [2.05, 4.69) is 26.2 Å². The van der Waals surface area contributed by atoms with E-state index in [4.69, 9.17) is 11.6 Å². The number of nitrogens with zero attached hydrogens (tertiary/aromatic N) is 1. The van der Waals surface area contributed by atoms with Crippen molar-refractivity contribution in [1.82, 2.24) is 4.98 Å². The summed E-state index contributed by atoms with van der Waals surface area (Å²) in [6, 6.07) is 22.7. The predicted molar refractivity (Wildman–Crippen MR) is 124 cm³/mol. The standard InChI is InChI=1S/C24H16BrClN2O/c25-18-3-1-2-16(14-18)4-11-24(29)17-5-8-20(9-6-17)28-22-12-13-27-23-15-19(26)7-10-21(22)23/h1-15H,(H,27,28)/b11-4+. The highest BCUT2D eigenvalue weighted by Gasteiger charge is 2.05. The zero-order valence-corrected chi connectivity index (χ0v) is 17.6. The van der Waals surface area contributed by atoms with Crippen molar-refractivity contribution in [2.75, 3.05) is 5.32 Å². The molecule has 142 valence electrons. The molecule has 1 heterocycles. The first-order chi connectivity index (χ1) is 14.1. The molecule has 1 N–H and O–H groups in total. The molecule has 0 saturated heterocycles. The van der Waals surface area contributed by atoms with Gasteiger partial charge in [0.15, 0.2) is 5.78 Å². The van der Waals surface area contributed by atoms with Crippen molar-refractivity contribution < 1.29 is 4.79 Å². The first-order valence-electron chi connectivity index (χ1n) is 8.98. The van der Waals surface area contributed by atoms with Crippen molar-refractivity contribution in [3.8, 4) is 0 Å². The fourth-order valence-corrected chi connectivity index (χ4v) is 3.57. The van der Waals surface area contributed by atoms with Crippen LogP contribution in [0.4, 0.5) is 11.4 Å². The first kappa shape index (κ1) is 19.4. The fraction of sp³-hybridized carbons (Fsp3) is 0. The van der Waals surface area contributed by atoms with Crippen molar-refractivity contribution in [1.29, 1.82) is 0 Å². The van der Waals surface area contributed by atoms with E-state index in [1.807, 2.05) is 78.9 Å². The topological polar surface area (TPSA) is 42.0 Å². The molecule has 3 aromatic carbocycles. The summed E-state index contributed by atoms with van der Waals surface area (Å²) in [5, 5.41) is 5.01. The van der Waals surface area contributed by atoms with Crippen molar-refractivity contribution >= 4 is 61.7 Å². The van der Waals surface area contributed by atoms with Crippen molar-refractivity contribution in [3.05, 3.63) is 106 Å².